The highest BCUT2D eigenvalue weighted by Gasteiger charge is 2.34. The van der Waals surface area contributed by atoms with Crippen molar-refractivity contribution in [3.05, 3.63) is 0 Å². The fourth-order valence-corrected chi connectivity index (χ4v) is 8.79. The molecule has 37 heavy (non-hydrogen) atoms. The average molecular weight is 519 g/mol. The zero-order chi connectivity index (χ0) is 26.0. The molecule has 0 aromatic rings. The van der Waals surface area contributed by atoms with Crippen LogP contribution in [0, 0.1) is 35.5 Å². The maximum atomic E-state index is 12.2. The molecular formula is C36H67F. The van der Waals surface area contributed by atoms with E-state index >= 15 is 0 Å². The highest BCUT2D eigenvalue weighted by Crippen LogP contribution is 2.46. The normalized spacial score (nSPS) is 31.0. The minimum Gasteiger partial charge on any atom is -0.251 e. The van der Waals surface area contributed by atoms with Crippen molar-refractivity contribution in [2.45, 2.75) is 187 Å². The molecule has 3 aliphatic rings. The first kappa shape index (κ1) is 31.5. The number of hydrogen-bond acceptors (Lipinski definition) is 0. The summed E-state index contributed by atoms with van der Waals surface area (Å²) in [5.41, 5.74) is 0. The van der Waals surface area contributed by atoms with Gasteiger partial charge in [0.1, 0.15) is 0 Å². The molecule has 0 radical (unpaired) electrons. The highest BCUT2D eigenvalue weighted by molar-refractivity contribution is 4.86. The van der Waals surface area contributed by atoms with Gasteiger partial charge in [0, 0.05) is 0 Å². The maximum Gasteiger partial charge on any atom is 0.0894 e. The molecule has 0 aromatic carbocycles. The fraction of sp³-hybridized carbons (Fsp3) is 1.00. The summed E-state index contributed by atoms with van der Waals surface area (Å²) in [6, 6.07) is 0. The summed E-state index contributed by atoms with van der Waals surface area (Å²) in [6.45, 7) is 2.20. The van der Waals surface area contributed by atoms with Gasteiger partial charge in [0.05, 0.1) is 6.67 Å². The van der Waals surface area contributed by atoms with Crippen LogP contribution in [-0.2, 0) is 0 Å². The van der Waals surface area contributed by atoms with E-state index in [2.05, 4.69) is 6.92 Å². The van der Waals surface area contributed by atoms with Gasteiger partial charge in [-0.15, -0.1) is 0 Å². The Balaban J connectivity index is 1.17. The van der Waals surface area contributed by atoms with E-state index in [1.165, 1.54) is 103 Å². The first-order chi connectivity index (χ1) is 18.3. The van der Waals surface area contributed by atoms with Crippen molar-refractivity contribution in [3.63, 3.8) is 0 Å². The van der Waals surface area contributed by atoms with Gasteiger partial charge in [-0.25, -0.2) is 0 Å². The molecule has 3 saturated carbocycles. The van der Waals surface area contributed by atoms with Crippen LogP contribution in [0.1, 0.15) is 187 Å². The number of hydrogen-bond donors (Lipinski definition) is 0. The summed E-state index contributed by atoms with van der Waals surface area (Å²) in [4.78, 5) is 0. The van der Waals surface area contributed by atoms with E-state index in [0.29, 0.717) is 0 Å². The Morgan fingerprint density at radius 2 is 0.676 bits per heavy atom. The van der Waals surface area contributed by atoms with Crippen molar-refractivity contribution in [2.75, 3.05) is 6.67 Å². The van der Waals surface area contributed by atoms with Gasteiger partial charge >= 0.3 is 0 Å². The molecule has 0 heterocycles. The predicted molar refractivity (Wildman–Crippen MR) is 162 cm³/mol. The summed E-state index contributed by atoms with van der Waals surface area (Å²) in [7, 11) is 0. The largest absolute Gasteiger partial charge is 0.251 e. The van der Waals surface area contributed by atoms with Crippen molar-refractivity contribution < 1.29 is 4.39 Å². The lowest BCUT2D eigenvalue weighted by molar-refractivity contribution is 0.102. The van der Waals surface area contributed by atoms with Crippen LogP contribution in [0.4, 0.5) is 4.39 Å². The van der Waals surface area contributed by atoms with Crippen LogP contribution in [-0.4, -0.2) is 6.67 Å². The van der Waals surface area contributed by atoms with Crippen LogP contribution < -0.4 is 0 Å². The van der Waals surface area contributed by atoms with Gasteiger partial charge in [0.25, 0.3) is 0 Å². The van der Waals surface area contributed by atoms with Gasteiger partial charge < -0.3 is 0 Å². The topological polar surface area (TPSA) is 0 Å². The van der Waals surface area contributed by atoms with E-state index < -0.39 is 0 Å². The zero-order valence-electron chi connectivity index (χ0n) is 25.3. The van der Waals surface area contributed by atoms with Gasteiger partial charge in [-0.05, 0) is 93.3 Å². The monoisotopic (exact) mass is 519 g/mol. The molecule has 0 saturated heterocycles. The molecule has 0 atom stereocenters. The molecule has 218 valence electrons. The summed E-state index contributed by atoms with van der Waals surface area (Å²) in [5.74, 6) is 6.42. The van der Waals surface area contributed by atoms with E-state index in [4.69, 9.17) is 0 Å². The molecule has 0 amide bonds. The second-order valence-corrected chi connectivity index (χ2v) is 14.1. The lowest BCUT2D eigenvalue weighted by Gasteiger charge is -2.41. The standard InChI is InChI=1S/C36H67F/c1-2-3-4-5-6-7-10-13-16-31-18-22-33(23-19-31)35-26-28-36(29-27-35)34-24-20-32(21-25-34)17-14-11-8-9-12-15-30-37/h31-36H,2-30H2,1H3. The first-order valence-corrected chi connectivity index (χ1v) is 17.9. The van der Waals surface area contributed by atoms with Crippen LogP contribution in [0.2, 0.25) is 0 Å². The number of alkyl halides is 1. The molecule has 0 bridgehead atoms. The van der Waals surface area contributed by atoms with Gasteiger partial charge in [0.15, 0.2) is 0 Å². The molecule has 3 fully saturated rings. The second-order valence-electron chi connectivity index (χ2n) is 14.1. The van der Waals surface area contributed by atoms with E-state index in [0.717, 1.165) is 48.3 Å². The number of halogens is 1. The predicted octanol–water partition coefficient (Wildman–Crippen LogP) is 12.6. The lowest BCUT2D eigenvalue weighted by atomic mass is 9.64. The molecule has 0 aromatic heterocycles. The lowest BCUT2D eigenvalue weighted by Crippen LogP contribution is -2.29. The van der Waals surface area contributed by atoms with E-state index in [1.54, 1.807) is 64.2 Å². The third-order valence-corrected chi connectivity index (χ3v) is 11.4. The molecule has 0 spiro atoms. The third-order valence-electron chi connectivity index (χ3n) is 11.4. The van der Waals surface area contributed by atoms with Crippen LogP contribution in [0.25, 0.3) is 0 Å². The first-order valence-electron chi connectivity index (χ1n) is 17.9. The summed E-state index contributed by atoms with van der Waals surface area (Å²) >= 11 is 0. The second kappa shape index (κ2) is 19.9. The van der Waals surface area contributed by atoms with Crippen LogP contribution in [0.5, 0.6) is 0 Å². The van der Waals surface area contributed by atoms with Gasteiger partial charge in [-0.3, -0.25) is 4.39 Å². The summed E-state index contributed by atoms with van der Waals surface area (Å²) < 4.78 is 12.2. The summed E-state index contributed by atoms with van der Waals surface area (Å²) in [5, 5.41) is 0. The van der Waals surface area contributed by atoms with Crippen LogP contribution >= 0.6 is 0 Å². The van der Waals surface area contributed by atoms with Gasteiger partial charge in [0.2, 0.25) is 0 Å². The Kier molecular flexibility index (Phi) is 16.9. The Hall–Kier alpha value is -0.0700. The highest BCUT2D eigenvalue weighted by atomic mass is 19.1. The quantitative estimate of drug-likeness (QED) is 0.149. The van der Waals surface area contributed by atoms with Crippen molar-refractivity contribution in [1.29, 1.82) is 0 Å². The molecular weight excluding hydrogens is 451 g/mol. The Labute approximate surface area is 233 Å². The Morgan fingerprint density at radius 1 is 0.378 bits per heavy atom. The molecule has 0 N–H and O–H groups in total. The molecule has 0 unspecified atom stereocenters. The fourth-order valence-electron chi connectivity index (χ4n) is 8.79. The average Bonchev–Trinajstić information content (AvgIpc) is 2.95. The number of unbranched alkanes of at least 4 members (excludes halogenated alkanes) is 12. The van der Waals surface area contributed by atoms with E-state index in [9.17, 15) is 4.39 Å². The minimum absolute atomic E-state index is 0.120. The summed E-state index contributed by atoms with van der Waals surface area (Å²) in [6.07, 6.45) is 40.7. The van der Waals surface area contributed by atoms with Crippen LogP contribution in [0.15, 0.2) is 0 Å². The van der Waals surface area contributed by atoms with E-state index in [1.807, 2.05) is 0 Å². The molecule has 0 nitrogen and oxygen atoms in total. The Morgan fingerprint density at radius 3 is 1.03 bits per heavy atom. The zero-order valence-corrected chi connectivity index (χ0v) is 25.3. The smallest absolute Gasteiger partial charge is 0.0894 e. The minimum atomic E-state index is -0.120. The van der Waals surface area contributed by atoms with Gasteiger partial charge in [-0.1, -0.05) is 129 Å². The van der Waals surface area contributed by atoms with Crippen molar-refractivity contribution in [2.24, 2.45) is 35.5 Å². The van der Waals surface area contributed by atoms with Gasteiger partial charge in [-0.2, -0.15) is 0 Å². The molecule has 3 rings (SSSR count). The maximum absolute atomic E-state index is 12.2. The number of rotatable bonds is 19. The van der Waals surface area contributed by atoms with Crippen molar-refractivity contribution in [1.82, 2.24) is 0 Å². The Bertz CT molecular complexity index is 505. The van der Waals surface area contributed by atoms with Crippen LogP contribution in [0.3, 0.4) is 0 Å². The van der Waals surface area contributed by atoms with E-state index in [-0.39, 0.29) is 6.67 Å². The molecule has 0 aliphatic heterocycles. The van der Waals surface area contributed by atoms with Crippen molar-refractivity contribution >= 4 is 0 Å². The molecule has 3 aliphatic carbocycles. The third kappa shape index (κ3) is 12.8. The van der Waals surface area contributed by atoms with Crippen molar-refractivity contribution in [3.8, 4) is 0 Å². The SMILES string of the molecule is CCCCCCCCCCC1CCC(C2CCC(C3CCC(CCCCCCCCF)CC3)CC2)CC1. The molecule has 1 heteroatoms.